The molecule has 0 rings (SSSR count). The lowest BCUT2D eigenvalue weighted by molar-refractivity contribution is -0.350. The van der Waals surface area contributed by atoms with Crippen molar-refractivity contribution >= 4 is 23.9 Å². The normalized spacial score (nSPS) is 17.4. The second-order valence-electron chi connectivity index (χ2n) is 13.0. The fraction of sp³-hybridized carbons (Fsp3) is 0.840. The summed E-state index contributed by atoms with van der Waals surface area (Å²) >= 11 is 0. The van der Waals surface area contributed by atoms with Crippen molar-refractivity contribution < 1.29 is 78.7 Å². The summed E-state index contributed by atoms with van der Waals surface area (Å²) in [4.78, 5) is 89.0. The third-order valence-electron chi connectivity index (χ3n) is 4.28. The smallest absolute Gasteiger partial charge is 0.371 e. The fourth-order valence-corrected chi connectivity index (χ4v) is 2.56. The third kappa shape index (κ3) is 12.5. The van der Waals surface area contributed by atoms with Crippen LogP contribution in [0.3, 0.4) is 0 Å². The van der Waals surface area contributed by atoms with Crippen molar-refractivity contribution in [3.63, 3.8) is 0 Å². The standard InChI is InChI=1S/C25H44O16/c1-21(2,3)38-34-17(30)13(26)25(14(27)18(31)35-39-22(4,5)6,15(28)19(32)36-40-23(7,8)9)16(29)20(33)37-41-24(10,11)12/h13-16,26-29H,1-12H3. The maximum Gasteiger partial charge on any atom is 0.371 e. The van der Waals surface area contributed by atoms with E-state index >= 15 is 0 Å². The molecule has 0 aromatic heterocycles. The first-order valence-corrected chi connectivity index (χ1v) is 12.5. The van der Waals surface area contributed by atoms with Crippen LogP contribution in [0.15, 0.2) is 0 Å². The van der Waals surface area contributed by atoms with E-state index in [2.05, 4.69) is 19.6 Å². The average molecular weight is 601 g/mol. The minimum Gasteiger partial charge on any atom is -0.380 e. The van der Waals surface area contributed by atoms with Crippen molar-refractivity contribution in [2.75, 3.05) is 0 Å². The van der Waals surface area contributed by atoms with E-state index in [9.17, 15) is 39.6 Å². The lowest BCUT2D eigenvalue weighted by Gasteiger charge is -2.42. The Morgan fingerprint density at radius 2 is 0.537 bits per heavy atom. The van der Waals surface area contributed by atoms with Crippen LogP contribution in [0, 0.1) is 5.41 Å². The van der Waals surface area contributed by atoms with Gasteiger partial charge in [-0.15, -0.1) is 0 Å². The minimum atomic E-state index is -3.67. The van der Waals surface area contributed by atoms with Gasteiger partial charge in [-0.25, -0.2) is 19.2 Å². The number of hydrogen-bond acceptors (Lipinski definition) is 16. The highest BCUT2D eigenvalue weighted by Gasteiger charge is 2.67. The Morgan fingerprint density at radius 3 is 0.659 bits per heavy atom. The molecule has 0 heterocycles. The van der Waals surface area contributed by atoms with E-state index in [1.807, 2.05) is 0 Å². The molecule has 0 aliphatic rings. The molecule has 0 fully saturated rings. The molecule has 0 bridgehead atoms. The second-order valence-corrected chi connectivity index (χ2v) is 13.0. The summed E-state index contributed by atoms with van der Waals surface area (Å²) in [5.74, 6) is -7.52. The van der Waals surface area contributed by atoms with Gasteiger partial charge in [0.05, 0.1) is 0 Å². The van der Waals surface area contributed by atoms with Gasteiger partial charge in [-0.3, -0.25) is 19.6 Å². The van der Waals surface area contributed by atoms with Crippen LogP contribution in [-0.2, 0) is 58.3 Å². The zero-order valence-corrected chi connectivity index (χ0v) is 25.5. The molecule has 0 saturated carbocycles. The molecule has 16 nitrogen and oxygen atoms in total. The van der Waals surface area contributed by atoms with Gasteiger partial charge in [0.15, 0.2) is 24.4 Å². The van der Waals surface area contributed by atoms with Gasteiger partial charge in [-0.1, -0.05) is 0 Å². The van der Waals surface area contributed by atoms with E-state index in [1.54, 1.807) is 0 Å². The molecule has 240 valence electrons. The highest BCUT2D eigenvalue weighted by Crippen LogP contribution is 2.39. The van der Waals surface area contributed by atoms with Gasteiger partial charge in [-0.05, 0) is 83.1 Å². The first-order valence-electron chi connectivity index (χ1n) is 12.5. The zero-order valence-electron chi connectivity index (χ0n) is 25.5. The molecule has 0 aromatic rings. The fourth-order valence-electron chi connectivity index (χ4n) is 2.56. The molecular formula is C25H44O16. The van der Waals surface area contributed by atoms with Gasteiger partial charge < -0.3 is 20.4 Å². The van der Waals surface area contributed by atoms with Gasteiger partial charge in [0.2, 0.25) is 0 Å². The average Bonchev–Trinajstić information content (AvgIpc) is 2.80. The number of carbonyl (C=O) groups excluding carboxylic acids is 4. The molecular weight excluding hydrogens is 556 g/mol. The predicted molar refractivity (Wildman–Crippen MR) is 134 cm³/mol. The first kappa shape index (κ1) is 38.6. The molecule has 0 saturated heterocycles. The number of aliphatic hydroxyl groups excluding tert-OH is 4. The van der Waals surface area contributed by atoms with Gasteiger partial charge in [-0.2, -0.15) is 19.6 Å². The number of rotatable bonds is 12. The Bertz CT molecular complexity index is 753. The van der Waals surface area contributed by atoms with Crippen LogP contribution in [0.5, 0.6) is 0 Å². The van der Waals surface area contributed by atoms with Crippen molar-refractivity contribution in [2.24, 2.45) is 5.41 Å². The summed E-state index contributed by atoms with van der Waals surface area (Å²) in [5.41, 5.74) is -8.37. The van der Waals surface area contributed by atoms with Crippen LogP contribution in [0.1, 0.15) is 83.1 Å². The van der Waals surface area contributed by atoms with E-state index in [4.69, 9.17) is 19.6 Å². The topological polar surface area (TPSA) is 223 Å². The zero-order chi connectivity index (χ0) is 32.8. The monoisotopic (exact) mass is 600 g/mol. The number of aliphatic hydroxyl groups is 4. The number of hydrogen-bond donors (Lipinski definition) is 4. The third-order valence-corrected chi connectivity index (χ3v) is 4.28. The van der Waals surface area contributed by atoms with Crippen LogP contribution in [0.4, 0.5) is 0 Å². The molecule has 4 N–H and O–H groups in total. The number of carbonyl (C=O) groups is 4. The maximum absolute atomic E-state index is 12.9. The van der Waals surface area contributed by atoms with Crippen molar-refractivity contribution in [2.45, 2.75) is 130 Å². The van der Waals surface area contributed by atoms with Gasteiger partial charge in [0.25, 0.3) is 0 Å². The SMILES string of the molecule is CC(C)(C)OOC(=O)C(O)C(C(O)C(=O)OOC(C)(C)C)(C(O)C(=O)OOC(C)(C)C)C(O)C(=O)OOC(C)(C)C. The highest BCUT2D eigenvalue weighted by molar-refractivity contribution is 5.88. The Labute approximate surface area is 238 Å². The van der Waals surface area contributed by atoms with Crippen LogP contribution in [0.25, 0.3) is 0 Å². The summed E-state index contributed by atoms with van der Waals surface area (Å²) in [5, 5.41) is 44.3. The van der Waals surface area contributed by atoms with Crippen molar-refractivity contribution in [3.05, 3.63) is 0 Å². The van der Waals surface area contributed by atoms with E-state index in [0.29, 0.717) is 0 Å². The molecule has 16 heteroatoms. The summed E-state index contributed by atoms with van der Waals surface area (Å²) in [6, 6.07) is 0. The largest absolute Gasteiger partial charge is 0.380 e. The lowest BCUT2D eigenvalue weighted by atomic mass is 9.67. The van der Waals surface area contributed by atoms with Crippen molar-refractivity contribution in [1.29, 1.82) is 0 Å². The summed E-state index contributed by atoms with van der Waals surface area (Å²) in [6.45, 7) is 17.2. The van der Waals surface area contributed by atoms with E-state index in [-0.39, 0.29) is 0 Å². The molecule has 0 aliphatic carbocycles. The quantitative estimate of drug-likeness (QED) is 0.177. The van der Waals surface area contributed by atoms with E-state index in [0.717, 1.165) is 0 Å². The minimum absolute atomic E-state index is 1.17. The first-order chi connectivity index (χ1) is 18.2. The Balaban J connectivity index is 7.07. The molecule has 0 aliphatic heterocycles. The second kappa shape index (κ2) is 14.2. The molecule has 0 amide bonds. The van der Waals surface area contributed by atoms with Crippen LogP contribution in [0.2, 0.25) is 0 Å². The van der Waals surface area contributed by atoms with Gasteiger partial charge >= 0.3 is 23.9 Å². The molecule has 0 spiro atoms. The molecule has 4 unspecified atom stereocenters. The Morgan fingerprint density at radius 1 is 0.390 bits per heavy atom. The van der Waals surface area contributed by atoms with Crippen molar-refractivity contribution in [1.82, 2.24) is 0 Å². The molecule has 4 atom stereocenters. The summed E-state index contributed by atoms with van der Waals surface area (Å²) in [7, 11) is 0. The lowest BCUT2D eigenvalue weighted by Crippen LogP contribution is -2.69. The molecule has 41 heavy (non-hydrogen) atoms. The molecule has 0 aromatic carbocycles. The van der Waals surface area contributed by atoms with Crippen LogP contribution >= 0.6 is 0 Å². The van der Waals surface area contributed by atoms with Crippen molar-refractivity contribution in [3.8, 4) is 0 Å². The van der Waals surface area contributed by atoms with Crippen LogP contribution in [-0.4, -0.2) is 91.1 Å². The summed E-state index contributed by atoms with van der Waals surface area (Å²) in [6.07, 6.45) is -12.4. The van der Waals surface area contributed by atoms with E-state index < -0.39 is 76.1 Å². The van der Waals surface area contributed by atoms with Gasteiger partial charge in [0, 0.05) is 0 Å². The Kier molecular flexibility index (Phi) is 13.3. The predicted octanol–water partition coefficient (Wildman–Crippen LogP) is 0.510. The van der Waals surface area contributed by atoms with E-state index in [1.165, 1.54) is 83.1 Å². The van der Waals surface area contributed by atoms with Crippen LogP contribution < -0.4 is 0 Å². The maximum atomic E-state index is 12.9. The van der Waals surface area contributed by atoms with Gasteiger partial charge in [0.1, 0.15) is 27.8 Å². The molecule has 0 radical (unpaired) electrons. The highest BCUT2D eigenvalue weighted by atomic mass is 17.2. The summed E-state index contributed by atoms with van der Waals surface area (Å²) < 4.78 is 0. The Hall–Kier alpha value is -2.44.